The Balaban J connectivity index is 1.40. The first kappa shape index (κ1) is 29.3. The Morgan fingerprint density at radius 1 is 1.00 bits per heavy atom. The van der Waals surface area contributed by atoms with E-state index in [-0.39, 0.29) is 40.8 Å². The van der Waals surface area contributed by atoms with E-state index in [1.54, 1.807) is 0 Å². The number of hydrogen-bond acceptors (Lipinski definition) is 5. The van der Waals surface area contributed by atoms with Gasteiger partial charge in [-0.3, -0.25) is 9.35 Å². The highest BCUT2D eigenvalue weighted by Crippen LogP contribution is 2.68. The second kappa shape index (κ2) is 10.7. The lowest BCUT2D eigenvalue weighted by atomic mass is 9.43. The standard InChI is InChI=1S/C29H51NO6S/c1-17(2)25(16-37(34,35)36)30-27(33)11-6-18(3)22-9-10-23-21-8-7-19-14-20(31)12-13-28(19,4)24(21)15-26(32)29(22,23)5/h17-26,31-32H,6-16H2,1-5H3,(H,30,33)(H,34,35,36)/t18-,19-,20-,21+,22-,23+,24+,25-,26+,28+,29-/m1/s1. The summed E-state index contributed by atoms with van der Waals surface area (Å²) in [5.41, 5.74) is 0.0844. The summed E-state index contributed by atoms with van der Waals surface area (Å²) in [6, 6.07) is -0.610. The van der Waals surface area contributed by atoms with Crippen molar-refractivity contribution < 1.29 is 28.0 Å². The van der Waals surface area contributed by atoms with Crippen LogP contribution >= 0.6 is 0 Å². The first-order valence-corrected chi connectivity index (χ1v) is 16.4. The van der Waals surface area contributed by atoms with Crippen molar-refractivity contribution in [1.82, 2.24) is 5.32 Å². The molecule has 0 spiro atoms. The van der Waals surface area contributed by atoms with E-state index in [4.69, 9.17) is 0 Å². The van der Waals surface area contributed by atoms with E-state index in [2.05, 4.69) is 26.1 Å². The van der Waals surface area contributed by atoms with Gasteiger partial charge in [-0.1, -0.05) is 34.6 Å². The Hall–Kier alpha value is -0.700. The van der Waals surface area contributed by atoms with Gasteiger partial charge in [0.05, 0.1) is 18.0 Å². The van der Waals surface area contributed by atoms with E-state index >= 15 is 0 Å². The summed E-state index contributed by atoms with van der Waals surface area (Å²) in [4.78, 5) is 12.7. The first-order valence-electron chi connectivity index (χ1n) is 14.8. The molecule has 4 aliphatic rings. The van der Waals surface area contributed by atoms with Crippen LogP contribution < -0.4 is 5.32 Å². The Morgan fingerprint density at radius 3 is 2.35 bits per heavy atom. The first-order chi connectivity index (χ1) is 17.2. The van der Waals surface area contributed by atoms with Gasteiger partial charge >= 0.3 is 0 Å². The average Bonchev–Trinajstić information content (AvgIpc) is 3.16. The number of carbonyl (C=O) groups excluding carboxylic acids is 1. The molecule has 0 unspecified atom stereocenters. The maximum absolute atomic E-state index is 12.7. The Kier molecular flexibility index (Phi) is 8.47. The largest absolute Gasteiger partial charge is 0.393 e. The van der Waals surface area contributed by atoms with Crippen molar-refractivity contribution in [1.29, 1.82) is 0 Å². The smallest absolute Gasteiger partial charge is 0.266 e. The van der Waals surface area contributed by atoms with Crippen LogP contribution in [0.5, 0.6) is 0 Å². The van der Waals surface area contributed by atoms with Gasteiger partial charge in [-0.15, -0.1) is 0 Å². The predicted molar refractivity (Wildman–Crippen MR) is 144 cm³/mol. The lowest BCUT2D eigenvalue weighted by Gasteiger charge is -2.62. The minimum absolute atomic E-state index is 0.104. The zero-order valence-electron chi connectivity index (χ0n) is 23.5. The lowest BCUT2D eigenvalue weighted by molar-refractivity contribution is -0.175. The molecule has 214 valence electrons. The molecule has 0 bridgehead atoms. The molecule has 8 heteroatoms. The Bertz CT molecular complexity index is 939. The number of fused-ring (bicyclic) bond motifs is 5. The highest BCUT2D eigenvalue weighted by molar-refractivity contribution is 7.85. The topological polar surface area (TPSA) is 124 Å². The molecule has 0 heterocycles. The fourth-order valence-corrected chi connectivity index (χ4v) is 10.5. The Labute approximate surface area is 224 Å². The van der Waals surface area contributed by atoms with Crippen molar-refractivity contribution in [3.63, 3.8) is 0 Å². The van der Waals surface area contributed by atoms with Crippen LogP contribution in [0.25, 0.3) is 0 Å². The number of hydrogen-bond donors (Lipinski definition) is 4. The van der Waals surface area contributed by atoms with E-state index < -0.39 is 21.9 Å². The van der Waals surface area contributed by atoms with Crippen molar-refractivity contribution in [2.24, 2.45) is 52.3 Å². The summed E-state index contributed by atoms with van der Waals surface area (Å²) in [6.07, 6.45) is 8.87. The normalized spacial score (nSPS) is 43.4. The second-order valence-electron chi connectivity index (χ2n) is 14.1. The molecular formula is C29H51NO6S. The SMILES string of the molecule is CC(C)[C@@H](CS(=O)(=O)O)NC(=O)CC[C@@H](C)[C@H]1CC[C@H]2[C@@H]3CC[C@@H]4C[C@H](O)CC[C@]4(C)[C@H]3C[C@H](O)[C@]12C. The fourth-order valence-electron chi connectivity index (χ4n) is 9.63. The van der Waals surface area contributed by atoms with E-state index in [1.807, 2.05) is 13.8 Å². The zero-order chi connectivity index (χ0) is 27.3. The summed E-state index contributed by atoms with van der Waals surface area (Å²) in [5.74, 6) is 2.13. The maximum atomic E-state index is 12.7. The minimum Gasteiger partial charge on any atom is -0.393 e. The van der Waals surface area contributed by atoms with Crippen molar-refractivity contribution >= 4 is 16.0 Å². The van der Waals surface area contributed by atoms with E-state index in [1.165, 1.54) is 12.8 Å². The summed E-state index contributed by atoms with van der Waals surface area (Å²) in [7, 11) is -4.17. The fraction of sp³-hybridized carbons (Fsp3) is 0.966. The summed E-state index contributed by atoms with van der Waals surface area (Å²) in [5, 5.41) is 24.8. The van der Waals surface area contributed by atoms with Gasteiger partial charge < -0.3 is 15.5 Å². The molecule has 7 nitrogen and oxygen atoms in total. The Morgan fingerprint density at radius 2 is 1.70 bits per heavy atom. The number of carbonyl (C=O) groups is 1. The van der Waals surface area contributed by atoms with Crippen LogP contribution in [0.15, 0.2) is 0 Å². The van der Waals surface area contributed by atoms with Crippen LogP contribution in [0.2, 0.25) is 0 Å². The molecule has 4 N–H and O–H groups in total. The number of amides is 1. The highest BCUT2D eigenvalue weighted by Gasteiger charge is 2.63. The van der Waals surface area contributed by atoms with E-state index in [0.29, 0.717) is 42.4 Å². The molecule has 4 saturated carbocycles. The number of aliphatic hydroxyl groups excluding tert-OH is 2. The highest BCUT2D eigenvalue weighted by atomic mass is 32.2. The van der Waals surface area contributed by atoms with Crippen LogP contribution in [-0.2, 0) is 14.9 Å². The van der Waals surface area contributed by atoms with Crippen molar-refractivity contribution in [2.45, 2.75) is 117 Å². The molecule has 0 aromatic heterocycles. The van der Waals surface area contributed by atoms with Gasteiger partial charge in [0, 0.05) is 12.5 Å². The quantitative estimate of drug-likeness (QED) is 0.337. The van der Waals surface area contributed by atoms with Crippen LogP contribution in [-0.4, -0.2) is 53.1 Å². The van der Waals surface area contributed by atoms with E-state index in [9.17, 15) is 28.0 Å². The molecule has 4 fully saturated rings. The molecule has 4 aliphatic carbocycles. The number of nitrogens with one attached hydrogen (secondary N) is 1. The second-order valence-corrected chi connectivity index (χ2v) is 15.6. The molecule has 4 rings (SSSR count). The van der Waals surface area contributed by atoms with Crippen LogP contribution in [0.1, 0.15) is 98.8 Å². The van der Waals surface area contributed by atoms with Crippen molar-refractivity contribution in [3.05, 3.63) is 0 Å². The zero-order valence-corrected chi connectivity index (χ0v) is 24.3. The van der Waals surface area contributed by atoms with Gasteiger partial charge in [0.2, 0.25) is 5.91 Å². The molecule has 0 radical (unpaired) electrons. The van der Waals surface area contributed by atoms with Gasteiger partial charge in [0.25, 0.3) is 10.1 Å². The van der Waals surface area contributed by atoms with Crippen LogP contribution in [0.3, 0.4) is 0 Å². The lowest BCUT2D eigenvalue weighted by Crippen LogP contribution is -2.58. The number of rotatable bonds is 8. The number of aliphatic hydroxyl groups is 2. The molecule has 37 heavy (non-hydrogen) atoms. The third-order valence-corrected chi connectivity index (χ3v) is 12.7. The molecule has 0 aromatic rings. The summed E-state index contributed by atoms with van der Waals surface area (Å²) >= 11 is 0. The molecule has 0 aliphatic heterocycles. The molecular weight excluding hydrogens is 490 g/mol. The van der Waals surface area contributed by atoms with Crippen molar-refractivity contribution in [3.8, 4) is 0 Å². The van der Waals surface area contributed by atoms with Gasteiger partial charge in [-0.25, -0.2) is 0 Å². The third-order valence-electron chi connectivity index (χ3n) is 11.9. The van der Waals surface area contributed by atoms with Gasteiger partial charge in [-0.05, 0) is 110 Å². The molecule has 0 aromatic carbocycles. The average molecular weight is 542 g/mol. The minimum atomic E-state index is -4.17. The van der Waals surface area contributed by atoms with Crippen molar-refractivity contribution in [2.75, 3.05) is 5.75 Å². The van der Waals surface area contributed by atoms with E-state index in [0.717, 1.165) is 38.5 Å². The van der Waals surface area contributed by atoms with Crippen LogP contribution in [0, 0.1) is 52.3 Å². The predicted octanol–water partition coefficient (Wildman–Crippen LogP) is 4.42. The summed E-state index contributed by atoms with van der Waals surface area (Å²) < 4.78 is 31.9. The third kappa shape index (κ3) is 5.64. The molecule has 11 atom stereocenters. The van der Waals surface area contributed by atoms with Gasteiger partial charge in [0.1, 0.15) is 0 Å². The maximum Gasteiger partial charge on any atom is 0.266 e. The van der Waals surface area contributed by atoms with Gasteiger partial charge in [-0.2, -0.15) is 8.42 Å². The van der Waals surface area contributed by atoms with Crippen LogP contribution in [0.4, 0.5) is 0 Å². The monoisotopic (exact) mass is 541 g/mol. The molecule has 0 saturated heterocycles. The molecule has 1 amide bonds. The van der Waals surface area contributed by atoms with Gasteiger partial charge in [0.15, 0.2) is 0 Å². The summed E-state index contributed by atoms with van der Waals surface area (Å²) in [6.45, 7) is 10.6.